The summed E-state index contributed by atoms with van der Waals surface area (Å²) in [4.78, 5) is 20.2. The van der Waals surface area contributed by atoms with E-state index in [0.29, 0.717) is 11.1 Å². The summed E-state index contributed by atoms with van der Waals surface area (Å²) in [6.45, 7) is 1.87. The molecule has 2 aromatic heterocycles. The van der Waals surface area contributed by atoms with E-state index in [9.17, 15) is 4.79 Å². The Morgan fingerprint density at radius 2 is 2.11 bits per heavy atom. The van der Waals surface area contributed by atoms with Gasteiger partial charge in [-0.3, -0.25) is 9.78 Å². The van der Waals surface area contributed by atoms with Crippen molar-refractivity contribution in [3.8, 4) is 0 Å². The van der Waals surface area contributed by atoms with Gasteiger partial charge in [0.15, 0.2) is 12.0 Å². The molecule has 3 aromatic rings. The number of carbonyl (C=O) groups excluding carboxylic acids is 1. The third kappa shape index (κ3) is 2.30. The number of hydrogen-bond acceptors (Lipinski definition) is 4. The molecule has 0 atom stereocenters. The van der Waals surface area contributed by atoms with Gasteiger partial charge in [-0.25, -0.2) is 4.98 Å². The van der Waals surface area contributed by atoms with Crippen molar-refractivity contribution in [3.63, 3.8) is 0 Å². The molecule has 0 fully saturated rings. The first-order chi connectivity index (χ1) is 9.22. The van der Waals surface area contributed by atoms with Crippen LogP contribution in [0.15, 0.2) is 47.3 Å². The molecule has 0 aliphatic carbocycles. The van der Waals surface area contributed by atoms with Crippen molar-refractivity contribution >= 4 is 22.7 Å². The minimum Gasteiger partial charge on any atom is -0.443 e. The summed E-state index contributed by atoms with van der Waals surface area (Å²) < 4.78 is 5.18. The fourth-order valence-electron chi connectivity index (χ4n) is 1.82. The summed E-state index contributed by atoms with van der Waals surface area (Å²) in [6, 6.07) is 8.70. The highest BCUT2D eigenvalue weighted by Gasteiger charge is 2.08. The van der Waals surface area contributed by atoms with Crippen LogP contribution in [0.25, 0.3) is 11.1 Å². The number of hydrogen-bond donors (Lipinski definition) is 1. The Hall–Kier alpha value is -2.69. The molecule has 94 valence electrons. The van der Waals surface area contributed by atoms with Crippen molar-refractivity contribution in [1.29, 1.82) is 0 Å². The number of nitrogens with one attached hydrogen (secondary N) is 1. The number of fused-ring (bicyclic) bond motifs is 1. The molecule has 5 heteroatoms. The van der Waals surface area contributed by atoms with Crippen LogP contribution in [-0.4, -0.2) is 15.9 Å². The van der Waals surface area contributed by atoms with Crippen molar-refractivity contribution < 1.29 is 9.21 Å². The predicted molar refractivity (Wildman–Crippen MR) is 70.9 cm³/mol. The Morgan fingerprint density at radius 3 is 2.95 bits per heavy atom. The summed E-state index contributed by atoms with van der Waals surface area (Å²) in [7, 11) is 0. The zero-order valence-electron chi connectivity index (χ0n) is 10.3. The van der Waals surface area contributed by atoms with E-state index in [1.54, 1.807) is 30.5 Å². The monoisotopic (exact) mass is 253 g/mol. The van der Waals surface area contributed by atoms with Gasteiger partial charge in [0.25, 0.3) is 5.91 Å². The van der Waals surface area contributed by atoms with Gasteiger partial charge in [0.05, 0.1) is 0 Å². The number of aromatic nitrogens is 2. The van der Waals surface area contributed by atoms with Crippen LogP contribution in [0.1, 0.15) is 16.1 Å². The van der Waals surface area contributed by atoms with E-state index in [1.807, 2.05) is 13.0 Å². The van der Waals surface area contributed by atoms with Gasteiger partial charge in [0.2, 0.25) is 0 Å². The Kier molecular flexibility index (Phi) is 2.72. The van der Waals surface area contributed by atoms with Gasteiger partial charge in [0, 0.05) is 23.1 Å². The fourth-order valence-corrected chi connectivity index (χ4v) is 1.82. The lowest BCUT2D eigenvalue weighted by Crippen LogP contribution is -2.11. The number of amides is 1. The Labute approximate surface area is 109 Å². The summed E-state index contributed by atoms with van der Waals surface area (Å²) in [5.74, 6) is -0.191. The minimum absolute atomic E-state index is 0.191. The first-order valence-corrected chi connectivity index (χ1v) is 5.79. The highest BCUT2D eigenvalue weighted by molar-refractivity contribution is 6.05. The van der Waals surface area contributed by atoms with Gasteiger partial charge >= 0.3 is 0 Å². The van der Waals surface area contributed by atoms with Crippen LogP contribution in [0.5, 0.6) is 0 Å². The number of nitrogens with zero attached hydrogens (tertiary/aromatic N) is 2. The third-order valence-electron chi connectivity index (χ3n) is 2.75. The van der Waals surface area contributed by atoms with E-state index >= 15 is 0 Å². The molecule has 19 heavy (non-hydrogen) atoms. The van der Waals surface area contributed by atoms with Crippen LogP contribution < -0.4 is 5.32 Å². The smallest absolute Gasteiger partial charge is 0.255 e. The molecule has 0 unspecified atom stereocenters. The standard InChI is InChI=1S/C14H11N3O2/c1-9-6-11(4-5-15-9)17-14(18)10-2-3-12-13(7-10)19-8-16-12/h2-8H,1H3,(H,15,17,18). The number of rotatable bonds is 2. The largest absolute Gasteiger partial charge is 0.443 e. The molecule has 0 radical (unpaired) electrons. The zero-order valence-corrected chi connectivity index (χ0v) is 10.3. The average molecular weight is 253 g/mol. The first-order valence-electron chi connectivity index (χ1n) is 5.79. The summed E-state index contributed by atoms with van der Waals surface area (Å²) in [6.07, 6.45) is 3.02. The van der Waals surface area contributed by atoms with Gasteiger partial charge in [-0.2, -0.15) is 0 Å². The molecule has 5 nitrogen and oxygen atoms in total. The molecule has 0 bridgehead atoms. The highest BCUT2D eigenvalue weighted by atomic mass is 16.3. The average Bonchev–Trinajstić information content (AvgIpc) is 2.85. The number of pyridine rings is 1. The lowest BCUT2D eigenvalue weighted by atomic mass is 10.2. The van der Waals surface area contributed by atoms with Crippen molar-refractivity contribution in [1.82, 2.24) is 9.97 Å². The second-order valence-electron chi connectivity index (χ2n) is 4.17. The molecule has 1 aromatic carbocycles. The van der Waals surface area contributed by atoms with E-state index in [1.165, 1.54) is 6.39 Å². The maximum Gasteiger partial charge on any atom is 0.255 e. The van der Waals surface area contributed by atoms with Crippen LogP contribution in [0.4, 0.5) is 5.69 Å². The van der Waals surface area contributed by atoms with Crippen molar-refractivity contribution in [2.75, 3.05) is 5.32 Å². The van der Waals surface area contributed by atoms with Gasteiger partial charge in [-0.05, 0) is 37.3 Å². The Morgan fingerprint density at radius 1 is 1.21 bits per heavy atom. The van der Waals surface area contributed by atoms with E-state index in [0.717, 1.165) is 16.9 Å². The number of aryl methyl sites for hydroxylation is 1. The number of oxazole rings is 1. The molecule has 1 amide bonds. The van der Waals surface area contributed by atoms with Gasteiger partial charge in [-0.15, -0.1) is 0 Å². The normalized spacial score (nSPS) is 10.6. The topological polar surface area (TPSA) is 68.0 Å². The molecule has 0 saturated heterocycles. The van der Waals surface area contributed by atoms with Crippen LogP contribution in [0.2, 0.25) is 0 Å². The van der Waals surface area contributed by atoms with E-state index in [4.69, 9.17) is 4.42 Å². The maximum absolute atomic E-state index is 12.1. The van der Waals surface area contributed by atoms with Crippen LogP contribution in [0, 0.1) is 6.92 Å². The Balaban J connectivity index is 1.87. The van der Waals surface area contributed by atoms with Crippen molar-refractivity contribution in [3.05, 3.63) is 54.2 Å². The Bertz CT molecular complexity index is 749. The molecule has 0 saturated carbocycles. The SMILES string of the molecule is Cc1cc(NC(=O)c2ccc3ncoc3c2)ccn1. The first kappa shape index (κ1) is 11.4. The summed E-state index contributed by atoms with van der Waals surface area (Å²) >= 11 is 0. The third-order valence-corrected chi connectivity index (χ3v) is 2.75. The molecule has 0 aliphatic heterocycles. The lowest BCUT2D eigenvalue weighted by Gasteiger charge is -2.05. The van der Waals surface area contributed by atoms with E-state index in [-0.39, 0.29) is 5.91 Å². The molecule has 0 aliphatic rings. The molecular weight excluding hydrogens is 242 g/mol. The predicted octanol–water partition coefficient (Wildman–Crippen LogP) is 2.78. The molecule has 2 heterocycles. The van der Waals surface area contributed by atoms with E-state index < -0.39 is 0 Å². The molecule has 1 N–H and O–H groups in total. The van der Waals surface area contributed by atoms with Crippen LogP contribution in [-0.2, 0) is 0 Å². The highest BCUT2D eigenvalue weighted by Crippen LogP contribution is 2.16. The van der Waals surface area contributed by atoms with Gasteiger partial charge < -0.3 is 9.73 Å². The van der Waals surface area contributed by atoms with Crippen molar-refractivity contribution in [2.45, 2.75) is 6.92 Å². The van der Waals surface area contributed by atoms with Gasteiger partial charge in [0.1, 0.15) is 5.52 Å². The summed E-state index contributed by atoms with van der Waals surface area (Å²) in [5.41, 5.74) is 3.42. The fraction of sp³-hybridized carbons (Fsp3) is 0.0714. The number of carbonyl (C=O) groups is 1. The summed E-state index contributed by atoms with van der Waals surface area (Å²) in [5, 5.41) is 2.81. The van der Waals surface area contributed by atoms with Crippen LogP contribution >= 0.6 is 0 Å². The minimum atomic E-state index is -0.191. The van der Waals surface area contributed by atoms with Crippen LogP contribution in [0.3, 0.4) is 0 Å². The lowest BCUT2D eigenvalue weighted by molar-refractivity contribution is 0.102. The van der Waals surface area contributed by atoms with E-state index in [2.05, 4.69) is 15.3 Å². The maximum atomic E-state index is 12.1. The number of anilines is 1. The number of benzene rings is 1. The molecule has 3 rings (SSSR count). The quantitative estimate of drug-likeness (QED) is 0.762. The second kappa shape index (κ2) is 4.53. The molecular formula is C14H11N3O2. The second-order valence-corrected chi connectivity index (χ2v) is 4.17. The zero-order chi connectivity index (χ0) is 13.2. The van der Waals surface area contributed by atoms with Crippen molar-refractivity contribution in [2.24, 2.45) is 0 Å². The molecule has 0 spiro atoms. The van der Waals surface area contributed by atoms with Gasteiger partial charge in [-0.1, -0.05) is 0 Å².